The van der Waals surface area contributed by atoms with Crippen molar-refractivity contribution in [3.8, 4) is 5.75 Å². The Morgan fingerprint density at radius 3 is 2.60 bits per heavy atom. The number of fused-ring (bicyclic) bond motifs is 6. The van der Waals surface area contributed by atoms with Crippen LogP contribution in [-0.4, -0.2) is 36.6 Å². The lowest BCUT2D eigenvalue weighted by Gasteiger charge is -2.28. The fraction of sp³-hybridized carbons (Fsp3) is 0.320. The summed E-state index contributed by atoms with van der Waals surface area (Å²) in [7, 11) is 1.61. The molecular weight excluding hydrogens is 378 g/mol. The topological polar surface area (TPSA) is 59.0 Å². The highest BCUT2D eigenvalue weighted by Gasteiger charge is 2.65. The first-order valence-electron chi connectivity index (χ1n) is 10.5. The molecule has 6 atom stereocenters. The molecule has 1 N–H and O–H groups in total. The predicted molar refractivity (Wildman–Crippen MR) is 113 cm³/mol. The van der Waals surface area contributed by atoms with E-state index in [-0.39, 0.29) is 35.9 Å². The van der Waals surface area contributed by atoms with Crippen molar-refractivity contribution in [1.29, 1.82) is 0 Å². The molecule has 3 aromatic carbocycles. The molecule has 3 aromatic rings. The second kappa shape index (κ2) is 6.56. The molecule has 0 aliphatic carbocycles. The monoisotopic (exact) mass is 401 g/mol. The highest BCUT2D eigenvalue weighted by molar-refractivity contribution is 5.99. The minimum atomic E-state index is -0.862. The van der Waals surface area contributed by atoms with Crippen LogP contribution in [0, 0.1) is 11.8 Å². The summed E-state index contributed by atoms with van der Waals surface area (Å²) in [6, 6.07) is 22.0. The molecule has 6 rings (SSSR count). The molecule has 3 aliphatic heterocycles. The molecule has 5 nitrogen and oxygen atoms in total. The lowest BCUT2D eigenvalue weighted by atomic mass is 9.72. The summed E-state index contributed by atoms with van der Waals surface area (Å²) in [6.45, 7) is 0. The lowest BCUT2D eigenvalue weighted by Crippen LogP contribution is -2.38. The normalized spacial score (nSPS) is 32.1. The highest BCUT2D eigenvalue weighted by Crippen LogP contribution is 2.56. The fourth-order valence-corrected chi connectivity index (χ4v) is 5.82. The first-order valence-corrected chi connectivity index (χ1v) is 10.5. The Bertz CT molecular complexity index is 1120. The van der Waals surface area contributed by atoms with Crippen LogP contribution in [0.3, 0.4) is 0 Å². The molecule has 2 bridgehead atoms. The molecule has 0 aromatic heterocycles. The number of carbonyl (C=O) groups excluding carboxylic acids is 1. The van der Waals surface area contributed by atoms with Crippen molar-refractivity contribution < 1.29 is 19.4 Å². The summed E-state index contributed by atoms with van der Waals surface area (Å²) in [5, 5.41) is 13.5. The molecule has 30 heavy (non-hydrogen) atoms. The highest BCUT2D eigenvalue weighted by atomic mass is 16.5. The van der Waals surface area contributed by atoms with Gasteiger partial charge in [-0.25, -0.2) is 0 Å². The summed E-state index contributed by atoms with van der Waals surface area (Å²) in [5.41, 5.74) is 1.94. The molecule has 3 aliphatic rings. The van der Waals surface area contributed by atoms with Gasteiger partial charge in [-0.1, -0.05) is 42.5 Å². The van der Waals surface area contributed by atoms with Crippen LogP contribution >= 0.6 is 0 Å². The van der Waals surface area contributed by atoms with Gasteiger partial charge in [0.2, 0.25) is 5.91 Å². The van der Waals surface area contributed by atoms with Crippen LogP contribution in [0.15, 0.2) is 66.7 Å². The number of rotatable bonds is 3. The van der Waals surface area contributed by atoms with Gasteiger partial charge in [0.15, 0.2) is 0 Å². The predicted octanol–water partition coefficient (Wildman–Crippen LogP) is 3.70. The average molecular weight is 401 g/mol. The van der Waals surface area contributed by atoms with Gasteiger partial charge < -0.3 is 14.6 Å². The van der Waals surface area contributed by atoms with Gasteiger partial charge in [0, 0.05) is 17.5 Å². The van der Waals surface area contributed by atoms with Gasteiger partial charge >= 0.3 is 0 Å². The van der Waals surface area contributed by atoms with Crippen LogP contribution in [0.25, 0.3) is 10.8 Å². The van der Waals surface area contributed by atoms with Crippen LogP contribution in [0.1, 0.15) is 17.9 Å². The van der Waals surface area contributed by atoms with E-state index in [2.05, 4.69) is 36.4 Å². The van der Waals surface area contributed by atoms with Crippen molar-refractivity contribution >= 4 is 22.4 Å². The molecular formula is C25H23NO4. The summed E-state index contributed by atoms with van der Waals surface area (Å²) < 4.78 is 11.5. The van der Waals surface area contributed by atoms with Crippen LogP contribution < -0.4 is 9.64 Å². The smallest absolute Gasteiger partial charge is 0.235 e. The van der Waals surface area contributed by atoms with Gasteiger partial charge in [-0.3, -0.25) is 9.69 Å². The Hall–Kier alpha value is -2.89. The van der Waals surface area contributed by atoms with E-state index in [1.165, 1.54) is 16.3 Å². The number of amides is 1. The summed E-state index contributed by atoms with van der Waals surface area (Å²) in [5.74, 6) is 0.338. The largest absolute Gasteiger partial charge is 0.497 e. The average Bonchev–Trinajstić information content (AvgIpc) is 3.45. The number of aliphatic hydroxyl groups is 1. The van der Waals surface area contributed by atoms with E-state index in [1.54, 1.807) is 12.0 Å². The standard InChI is InChI=1S/C25H23NO4/c1-29-16-11-9-15(10-12-16)26-24(27)21-20-13-19(23(30-20)22(21)25(26)28)18-8-4-6-14-5-2-3-7-17(14)18/h2-12,19-24,27H,13H2,1H3/t19-,20-,21-,22-,23+,24+/m0/s1. The molecule has 0 saturated carbocycles. The molecule has 0 radical (unpaired) electrons. The molecule has 152 valence electrons. The lowest BCUT2D eigenvalue weighted by molar-refractivity contribution is -0.122. The van der Waals surface area contributed by atoms with Crippen molar-refractivity contribution in [2.24, 2.45) is 11.8 Å². The number of aliphatic hydroxyl groups excluding tert-OH is 1. The van der Waals surface area contributed by atoms with Crippen molar-refractivity contribution in [1.82, 2.24) is 0 Å². The number of methoxy groups -OCH3 is 1. The third kappa shape index (κ3) is 2.39. The van der Waals surface area contributed by atoms with E-state index in [9.17, 15) is 9.90 Å². The minimum Gasteiger partial charge on any atom is -0.497 e. The Labute approximate surface area is 174 Å². The molecule has 0 unspecified atom stereocenters. The van der Waals surface area contributed by atoms with E-state index in [1.807, 2.05) is 30.3 Å². The quantitative estimate of drug-likeness (QED) is 0.727. The fourth-order valence-electron chi connectivity index (χ4n) is 5.82. The maximum atomic E-state index is 13.4. The van der Waals surface area contributed by atoms with Crippen molar-refractivity contribution in [3.63, 3.8) is 0 Å². The maximum absolute atomic E-state index is 13.4. The maximum Gasteiger partial charge on any atom is 0.235 e. The Morgan fingerprint density at radius 1 is 1.03 bits per heavy atom. The van der Waals surface area contributed by atoms with Gasteiger partial charge in [0.05, 0.1) is 25.2 Å². The number of ether oxygens (including phenoxy) is 2. The summed E-state index contributed by atoms with van der Waals surface area (Å²) >= 11 is 0. The van der Waals surface area contributed by atoms with Gasteiger partial charge in [-0.05, 0) is 47.0 Å². The molecule has 5 heteroatoms. The first kappa shape index (κ1) is 17.9. The van der Waals surface area contributed by atoms with Crippen molar-refractivity contribution in [3.05, 3.63) is 72.3 Å². The zero-order valence-electron chi connectivity index (χ0n) is 16.6. The molecule has 0 spiro atoms. The molecule has 3 saturated heterocycles. The van der Waals surface area contributed by atoms with Crippen LogP contribution in [-0.2, 0) is 9.53 Å². The molecule has 3 fully saturated rings. The first-order chi connectivity index (χ1) is 14.7. The third-order valence-corrected chi connectivity index (χ3v) is 7.12. The Kier molecular flexibility index (Phi) is 3.92. The number of hydrogen-bond donors (Lipinski definition) is 1. The molecule has 1 amide bonds. The van der Waals surface area contributed by atoms with E-state index in [4.69, 9.17) is 9.47 Å². The Morgan fingerprint density at radius 2 is 1.80 bits per heavy atom. The van der Waals surface area contributed by atoms with Gasteiger partial charge in [-0.2, -0.15) is 0 Å². The number of carbonyl (C=O) groups is 1. The number of nitrogens with zero attached hydrogens (tertiary/aromatic N) is 1. The van der Waals surface area contributed by atoms with Gasteiger partial charge in [0.1, 0.15) is 12.0 Å². The number of anilines is 1. The summed E-state index contributed by atoms with van der Waals surface area (Å²) in [6.07, 6.45) is -0.331. The van der Waals surface area contributed by atoms with Gasteiger partial charge in [0.25, 0.3) is 0 Å². The zero-order valence-corrected chi connectivity index (χ0v) is 16.6. The van der Waals surface area contributed by atoms with Crippen molar-refractivity contribution in [2.45, 2.75) is 30.8 Å². The zero-order chi connectivity index (χ0) is 20.4. The van der Waals surface area contributed by atoms with Crippen molar-refractivity contribution in [2.75, 3.05) is 12.0 Å². The van der Waals surface area contributed by atoms with Crippen LogP contribution in [0.5, 0.6) is 5.75 Å². The van der Waals surface area contributed by atoms with Crippen LogP contribution in [0.4, 0.5) is 5.69 Å². The SMILES string of the molecule is COc1ccc(N2C(=O)[C@@H]3[C@@H]4O[C@@H](C[C@H]4c4cccc5ccccc45)[C@@H]3[C@H]2O)cc1. The van der Waals surface area contributed by atoms with E-state index >= 15 is 0 Å². The van der Waals surface area contributed by atoms with E-state index < -0.39 is 6.23 Å². The van der Waals surface area contributed by atoms with Crippen LogP contribution in [0.2, 0.25) is 0 Å². The number of hydrogen-bond acceptors (Lipinski definition) is 4. The number of benzene rings is 3. The van der Waals surface area contributed by atoms with E-state index in [0.717, 1.165) is 12.2 Å². The Balaban J connectivity index is 1.35. The third-order valence-electron chi connectivity index (χ3n) is 7.12. The van der Waals surface area contributed by atoms with E-state index in [0.29, 0.717) is 5.69 Å². The van der Waals surface area contributed by atoms with Gasteiger partial charge in [-0.15, -0.1) is 0 Å². The second-order valence-electron chi connectivity index (χ2n) is 8.47. The second-order valence-corrected chi connectivity index (χ2v) is 8.47. The molecule has 3 heterocycles. The summed E-state index contributed by atoms with van der Waals surface area (Å²) in [4.78, 5) is 15.0. The minimum absolute atomic E-state index is 0.0462.